The summed E-state index contributed by atoms with van der Waals surface area (Å²) in [5, 5.41) is 7.35. The van der Waals surface area contributed by atoms with Crippen molar-refractivity contribution in [1.29, 1.82) is 0 Å². The van der Waals surface area contributed by atoms with Crippen molar-refractivity contribution in [2.24, 2.45) is 0 Å². The topological polar surface area (TPSA) is 68.1 Å². The van der Waals surface area contributed by atoms with Crippen LogP contribution >= 0.6 is 11.3 Å². The molecular weight excluding hydrogens is 456 g/mol. The quantitative estimate of drug-likeness (QED) is 0.318. The zero-order valence-electron chi connectivity index (χ0n) is 19.7. The van der Waals surface area contributed by atoms with E-state index in [2.05, 4.69) is 17.2 Å². The van der Waals surface area contributed by atoms with Crippen molar-refractivity contribution in [3.63, 3.8) is 0 Å². The molecule has 1 amide bonds. The first kappa shape index (κ1) is 22.7. The van der Waals surface area contributed by atoms with Crippen LogP contribution in [0.1, 0.15) is 16.7 Å². The van der Waals surface area contributed by atoms with E-state index in [-0.39, 0.29) is 17.9 Å². The molecule has 0 saturated carbocycles. The molecule has 2 aromatic heterocycles. The molecule has 2 heterocycles. The molecule has 0 saturated heterocycles. The summed E-state index contributed by atoms with van der Waals surface area (Å²) in [5.74, 6) is -0.190. The van der Waals surface area contributed by atoms with Crippen molar-refractivity contribution < 1.29 is 4.79 Å². The molecule has 5 rings (SSSR count). The maximum atomic E-state index is 13.8. The second-order valence-corrected chi connectivity index (χ2v) is 9.42. The van der Waals surface area contributed by atoms with Crippen LogP contribution in [-0.4, -0.2) is 20.7 Å². The van der Waals surface area contributed by atoms with E-state index >= 15 is 0 Å². The zero-order chi connectivity index (χ0) is 24.5. The Hall–Kier alpha value is -4.10. The highest BCUT2D eigenvalue weighted by atomic mass is 32.1. The Morgan fingerprint density at radius 1 is 0.971 bits per heavy atom. The second-order valence-electron chi connectivity index (χ2n) is 8.58. The smallest absolute Gasteiger partial charge is 0.255 e. The zero-order valence-corrected chi connectivity index (χ0v) is 20.5. The van der Waals surface area contributed by atoms with Gasteiger partial charge in [0, 0.05) is 16.3 Å². The van der Waals surface area contributed by atoms with Crippen LogP contribution in [0.15, 0.2) is 83.1 Å². The summed E-state index contributed by atoms with van der Waals surface area (Å²) >= 11 is 1.43. The van der Waals surface area contributed by atoms with Gasteiger partial charge in [-0.1, -0.05) is 54.1 Å². The number of nitrogens with zero attached hydrogens (tertiary/aromatic N) is 4. The molecule has 0 bridgehead atoms. The van der Waals surface area contributed by atoms with Gasteiger partial charge < -0.3 is 0 Å². The SMILES string of the molecule is Cc1ccc(-c2csc(N(C(=O)Cn3ncc(=O)c4ccccc43)c3cc(C)ccc3C)n2)cc1. The van der Waals surface area contributed by atoms with Gasteiger partial charge in [-0.15, -0.1) is 11.3 Å². The second kappa shape index (κ2) is 9.27. The minimum Gasteiger partial charge on any atom is -0.287 e. The molecule has 0 atom stereocenters. The normalized spacial score (nSPS) is 11.1. The van der Waals surface area contributed by atoms with E-state index in [1.807, 2.05) is 62.5 Å². The first-order chi connectivity index (χ1) is 16.9. The average Bonchev–Trinajstić information content (AvgIpc) is 3.33. The van der Waals surface area contributed by atoms with Crippen molar-refractivity contribution in [2.45, 2.75) is 27.3 Å². The number of carbonyl (C=O) groups excluding carboxylic acids is 1. The molecule has 3 aromatic carbocycles. The molecule has 0 radical (unpaired) electrons. The fraction of sp³-hybridized carbons (Fsp3) is 0.143. The van der Waals surface area contributed by atoms with Gasteiger partial charge in [0.25, 0.3) is 5.91 Å². The number of anilines is 2. The lowest BCUT2D eigenvalue weighted by atomic mass is 10.1. The van der Waals surface area contributed by atoms with Crippen molar-refractivity contribution >= 4 is 39.0 Å². The summed E-state index contributed by atoms with van der Waals surface area (Å²) in [7, 11) is 0. The summed E-state index contributed by atoms with van der Waals surface area (Å²) in [5.41, 5.74) is 6.24. The third-order valence-electron chi connectivity index (χ3n) is 5.93. The molecule has 5 aromatic rings. The van der Waals surface area contributed by atoms with Gasteiger partial charge in [0.1, 0.15) is 6.54 Å². The average molecular weight is 481 g/mol. The summed E-state index contributed by atoms with van der Waals surface area (Å²) in [6.07, 6.45) is 1.26. The number of fused-ring (bicyclic) bond motifs is 1. The Morgan fingerprint density at radius 3 is 2.51 bits per heavy atom. The molecular formula is C28H24N4O2S. The summed E-state index contributed by atoms with van der Waals surface area (Å²) in [6, 6.07) is 21.4. The van der Waals surface area contributed by atoms with Crippen molar-refractivity contribution in [1.82, 2.24) is 14.8 Å². The number of hydrogen-bond acceptors (Lipinski definition) is 5. The predicted octanol–water partition coefficient (Wildman–Crippen LogP) is 5.81. The van der Waals surface area contributed by atoms with Crippen molar-refractivity contribution in [3.8, 4) is 11.3 Å². The largest absolute Gasteiger partial charge is 0.287 e. The fourth-order valence-electron chi connectivity index (χ4n) is 4.01. The number of rotatable bonds is 5. The van der Waals surface area contributed by atoms with E-state index in [9.17, 15) is 9.59 Å². The predicted molar refractivity (Wildman–Crippen MR) is 141 cm³/mol. The molecule has 0 unspecified atom stereocenters. The molecule has 0 aliphatic heterocycles. The number of hydrogen-bond donors (Lipinski definition) is 0. The van der Waals surface area contributed by atoms with E-state index < -0.39 is 0 Å². The van der Waals surface area contributed by atoms with Crippen molar-refractivity contribution in [3.05, 3.63) is 105 Å². The number of thiazole rings is 1. The monoisotopic (exact) mass is 480 g/mol. The first-order valence-corrected chi connectivity index (χ1v) is 12.2. The fourth-order valence-corrected chi connectivity index (χ4v) is 4.88. The standard InChI is InChI=1S/C28H24N4O2S/c1-18-9-12-21(13-10-18)23-17-35-28(30-23)32(25-14-19(2)8-11-20(25)3)27(34)16-31-24-7-5-4-6-22(24)26(33)15-29-31/h4-15,17H,16H2,1-3H3. The summed E-state index contributed by atoms with van der Waals surface area (Å²) in [4.78, 5) is 32.6. The van der Waals surface area contributed by atoms with Crippen LogP contribution in [-0.2, 0) is 11.3 Å². The van der Waals surface area contributed by atoms with Gasteiger partial charge in [-0.2, -0.15) is 5.10 Å². The van der Waals surface area contributed by atoms with Crippen LogP contribution in [0.25, 0.3) is 22.2 Å². The lowest BCUT2D eigenvalue weighted by Gasteiger charge is -2.23. The van der Waals surface area contributed by atoms with Crippen LogP contribution < -0.4 is 10.3 Å². The Labute approximate surface area is 207 Å². The number of amides is 1. The van der Waals surface area contributed by atoms with Crippen LogP contribution in [0.5, 0.6) is 0 Å². The summed E-state index contributed by atoms with van der Waals surface area (Å²) < 4.78 is 1.58. The van der Waals surface area contributed by atoms with Gasteiger partial charge in [-0.3, -0.25) is 19.2 Å². The lowest BCUT2D eigenvalue weighted by molar-refractivity contribution is -0.118. The number of carbonyl (C=O) groups is 1. The van der Waals surface area contributed by atoms with Gasteiger partial charge in [-0.25, -0.2) is 4.98 Å². The Bertz CT molecular complexity index is 1600. The molecule has 0 aliphatic rings. The molecule has 7 heteroatoms. The Morgan fingerprint density at radius 2 is 1.71 bits per heavy atom. The maximum absolute atomic E-state index is 13.8. The minimum absolute atomic E-state index is 0.0341. The van der Waals surface area contributed by atoms with Crippen LogP contribution in [0.4, 0.5) is 10.8 Å². The van der Waals surface area contributed by atoms with Crippen molar-refractivity contribution in [2.75, 3.05) is 4.90 Å². The molecule has 0 spiro atoms. The van der Waals surface area contributed by atoms with Gasteiger partial charge in [0.2, 0.25) is 5.43 Å². The molecule has 0 fully saturated rings. The van der Waals surface area contributed by atoms with E-state index in [4.69, 9.17) is 4.98 Å². The van der Waals surface area contributed by atoms with Gasteiger partial charge in [0.05, 0.1) is 23.1 Å². The van der Waals surface area contributed by atoms with Gasteiger partial charge in [-0.05, 0) is 50.1 Å². The summed E-state index contributed by atoms with van der Waals surface area (Å²) in [6.45, 7) is 6.00. The number of aryl methyl sites for hydroxylation is 3. The minimum atomic E-state index is -0.190. The van der Waals surface area contributed by atoms with E-state index in [1.54, 1.807) is 27.8 Å². The van der Waals surface area contributed by atoms with Crippen LogP contribution in [0.3, 0.4) is 0 Å². The van der Waals surface area contributed by atoms with Gasteiger partial charge in [0.15, 0.2) is 5.13 Å². The highest BCUT2D eigenvalue weighted by Crippen LogP contribution is 2.35. The van der Waals surface area contributed by atoms with E-state index in [0.29, 0.717) is 16.0 Å². The molecule has 6 nitrogen and oxygen atoms in total. The highest BCUT2D eigenvalue weighted by molar-refractivity contribution is 7.14. The van der Waals surface area contributed by atoms with E-state index in [1.165, 1.54) is 23.1 Å². The Kier molecular flexibility index (Phi) is 6.01. The van der Waals surface area contributed by atoms with Gasteiger partial charge >= 0.3 is 0 Å². The first-order valence-electron chi connectivity index (χ1n) is 11.3. The maximum Gasteiger partial charge on any atom is 0.255 e. The van der Waals surface area contributed by atoms with E-state index in [0.717, 1.165) is 28.1 Å². The molecule has 0 N–H and O–H groups in total. The third-order valence-corrected chi connectivity index (χ3v) is 6.76. The number of aromatic nitrogens is 3. The van der Waals surface area contributed by atoms with Crippen LogP contribution in [0.2, 0.25) is 0 Å². The lowest BCUT2D eigenvalue weighted by Crippen LogP contribution is -2.31. The molecule has 0 aliphatic carbocycles. The third kappa shape index (κ3) is 4.50. The molecule has 174 valence electrons. The number of para-hydroxylation sites is 1. The Balaban J connectivity index is 1.58. The van der Waals surface area contributed by atoms with Crippen LogP contribution in [0, 0.1) is 20.8 Å². The molecule has 35 heavy (non-hydrogen) atoms. The highest BCUT2D eigenvalue weighted by Gasteiger charge is 2.24. The number of benzene rings is 3.